The van der Waals surface area contributed by atoms with Crippen LogP contribution in [0.15, 0.2) is 30.5 Å². The third-order valence-corrected chi connectivity index (χ3v) is 3.20. The van der Waals surface area contributed by atoms with Crippen molar-refractivity contribution in [2.45, 2.75) is 33.2 Å². The molecule has 2 rings (SSSR count). The summed E-state index contributed by atoms with van der Waals surface area (Å²) in [5.41, 5.74) is 1.21. The molecule has 96 valence electrons. The van der Waals surface area contributed by atoms with Gasteiger partial charge >= 0.3 is 0 Å². The van der Waals surface area contributed by atoms with Gasteiger partial charge < -0.3 is 4.57 Å². The fraction of sp³-hybridized carbons (Fsp3) is 0.429. The Bertz CT molecular complexity index is 572. The third kappa shape index (κ3) is 2.37. The second-order valence-electron chi connectivity index (χ2n) is 5.20. The second-order valence-corrected chi connectivity index (χ2v) is 5.20. The summed E-state index contributed by atoms with van der Waals surface area (Å²) in [6.07, 6.45) is 3.11. The zero-order valence-corrected chi connectivity index (χ0v) is 11.0. The van der Waals surface area contributed by atoms with Crippen LogP contribution in [0.5, 0.6) is 0 Å². The lowest BCUT2D eigenvalue weighted by Crippen LogP contribution is -2.06. The molecule has 0 amide bonds. The number of fused-ring (bicyclic) bond motifs is 1. The molecule has 4 heteroatoms. The van der Waals surface area contributed by atoms with Crippen molar-refractivity contribution >= 4 is 16.6 Å². The van der Waals surface area contributed by atoms with Gasteiger partial charge in [-0.15, -0.1) is 0 Å². The van der Waals surface area contributed by atoms with Crippen LogP contribution in [-0.2, 0) is 0 Å². The van der Waals surface area contributed by atoms with E-state index in [-0.39, 0.29) is 10.6 Å². The predicted octanol–water partition coefficient (Wildman–Crippen LogP) is 4.16. The smallest absolute Gasteiger partial charge is 0.270 e. The minimum atomic E-state index is -0.353. The number of non-ortho nitro benzene ring substituents is 1. The van der Waals surface area contributed by atoms with E-state index >= 15 is 0 Å². The molecule has 2 aromatic rings. The normalized spacial score (nSPS) is 13.1. The molecular formula is C14H18N2O2. The first-order valence-electron chi connectivity index (χ1n) is 6.24. The highest BCUT2D eigenvalue weighted by Crippen LogP contribution is 2.26. The van der Waals surface area contributed by atoms with Gasteiger partial charge in [-0.3, -0.25) is 10.1 Å². The van der Waals surface area contributed by atoms with E-state index in [0.717, 1.165) is 17.3 Å². The van der Waals surface area contributed by atoms with E-state index < -0.39 is 0 Å². The fourth-order valence-corrected chi connectivity index (χ4v) is 2.45. The van der Waals surface area contributed by atoms with Gasteiger partial charge in [-0.1, -0.05) is 13.8 Å². The summed E-state index contributed by atoms with van der Waals surface area (Å²) >= 11 is 0. The summed E-state index contributed by atoms with van der Waals surface area (Å²) in [4.78, 5) is 10.4. The largest absolute Gasteiger partial charge is 0.345 e. The topological polar surface area (TPSA) is 48.1 Å². The number of nitro benzene ring substituents is 1. The lowest BCUT2D eigenvalue weighted by atomic mass is 10.1. The van der Waals surface area contributed by atoms with E-state index in [1.54, 1.807) is 12.1 Å². The van der Waals surface area contributed by atoms with Gasteiger partial charge in [-0.05, 0) is 31.4 Å². The van der Waals surface area contributed by atoms with Crippen LogP contribution in [0.25, 0.3) is 10.9 Å². The van der Waals surface area contributed by atoms with Crippen molar-refractivity contribution in [3.05, 3.63) is 40.6 Å². The molecular weight excluding hydrogens is 228 g/mol. The lowest BCUT2D eigenvalue weighted by molar-refractivity contribution is -0.384. The molecule has 0 saturated heterocycles. The summed E-state index contributed by atoms with van der Waals surface area (Å²) in [6, 6.07) is 7.39. The minimum Gasteiger partial charge on any atom is -0.345 e. The summed E-state index contributed by atoms with van der Waals surface area (Å²) in [5.74, 6) is 0.635. The van der Waals surface area contributed by atoms with Gasteiger partial charge in [0.1, 0.15) is 0 Å². The van der Waals surface area contributed by atoms with Crippen LogP contribution in [0.1, 0.15) is 33.2 Å². The van der Waals surface area contributed by atoms with E-state index in [2.05, 4.69) is 25.3 Å². The molecule has 0 saturated carbocycles. The average molecular weight is 246 g/mol. The van der Waals surface area contributed by atoms with Gasteiger partial charge in [0.15, 0.2) is 0 Å². The fourth-order valence-electron chi connectivity index (χ4n) is 2.45. The molecule has 18 heavy (non-hydrogen) atoms. The molecule has 1 aromatic heterocycles. The Morgan fingerprint density at radius 1 is 1.28 bits per heavy atom. The van der Waals surface area contributed by atoms with Crippen molar-refractivity contribution in [2.75, 3.05) is 0 Å². The van der Waals surface area contributed by atoms with E-state index in [1.807, 2.05) is 18.3 Å². The van der Waals surface area contributed by atoms with Crippen molar-refractivity contribution in [2.24, 2.45) is 5.92 Å². The highest BCUT2D eigenvalue weighted by atomic mass is 16.6. The van der Waals surface area contributed by atoms with Gasteiger partial charge in [0.25, 0.3) is 5.69 Å². The maximum absolute atomic E-state index is 10.7. The number of benzene rings is 1. The van der Waals surface area contributed by atoms with Gasteiger partial charge in [0.2, 0.25) is 0 Å². The molecule has 1 heterocycles. The first-order chi connectivity index (χ1) is 8.49. The molecule has 0 N–H and O–H groups in total. The summed E-state index contributed by atoms with van der Waals surface area (Å²) in [5, 5.41) is 11.7. The number of hydrogen-bond donors (Lipinski definition) is 0. The van der Waals surface area contributed by atoms with E-state index in [9.17, 15) is 10.1 Å². The Morgan fingerprint density at radius 3 is 2.61 bits per heavy atom. The van der Waals surface area contributed by atoms with E-state index in [4.69, 9.17) is 0 Å². The zero-order valence-electron chi connectivity index (χ0n) is 11.0. The molecule has 0 aliphatic rings. The molecule has 0 radical (unpaired) electrons. The van der Waals surface area contributed by atoms with Crippen molar-refractivity contribution < 1.29 is 4.92 Å². The van der Waals surface area contributed by atoms with Gasteiger partial charge in [0.05, 0.1) is 4.92 Å². The van der Waals surface area contributed by atoms with Gasteiger partial charge in [-0.2, -0.15) is 0 Å². The number of aromatic nitrogens is 1. The SMILES string of the molecule is CC(C)CC(C)n1ccc2cc([N+](=O)[O-])ccc21. The molecule has 1 atom stereocenters. The Balaban J connectivity index is 2.39. The van der Waals surface area contributed by atoms with Crippen molar-refractivity contribution in [1.82, 2.24) is 4.57 Å². The number of nitrogens with zero attached hydrogens (tertiary/aromatic N) is 2. The van der Waals surface area contributed by atoms with Crippen LogP contribution < -0.4 is 0 Å². The van der Waals surface area contributed by atoms with E-state index in [1.165, 1.54) is 0 Å². The molecule has 0 bridgehead atoms. The highest BCUT2D eigenvalue weighted by Gasteiger charge is 2.12. The van der Waals surface area contributed by atoms with Crippen LogP contribution in [0.4, 0.5) is 5.69 Å². The number of hydrogen-bond acceptors (Lipinski definition) is 2. The molecule has 0 spiro atoms. The van der Waals surface area contributed by atoms with Crippen LogP contribution in [0, 0.1) is 16.0 Å². The summed E-state index contributed by atoms with van der Waals surface area (Å²) < 4.78 is 2.19. The standard InChI is InChI=1S/C14H18N2O2/c1-10(2)8-11(3)15-7-6-12-9-13(16(17)18)4-5-14(12)15/h4-7,9-11H,8H2,1-3H3. The Morgan fingerprint density at radius 2 is 2.00 bits per heavy atom. The molecule has 4 nitrogen and oxygen atoms in total. The second kappa shape index (κ2) is 4.80. The minimum absolute atomic E-state index is 0.150. The average Bonchev–Trinajstić information content (AvgIpc) is 2.70. The van der Waals surface area contributed by atoms with Crippen LogP contribution in [0.3, 0.4) is 0 Å². The van der Waals surface area contributed by atoms with Crippen LogP contribution in [-0.4, -0.2) is 9.49 Å². The third-order valence-electron chi connectivity index (χ3n) is 3.20. The maximum atomic E-state index is 10.7. The lowest BCUT2D eigenvalue weighted by Gasteiger charge is -2.17. The van der Waals surface area contributed by atoms with E-state index in [0.29, 0.717) is 12.0 Å². The van der Waals surface area contributed by atoms with Gasteiger partial charge in [-0.25, -0.2) is 0 Å². The number of rotatable bonds is 4. The van der Waals surface area contributed by atoms with Crippen molar-refractivity contribution in [1.29, 1.82) is 0 Å². The Labute approximate surface area is 106 Å². The van der Waals surface area contributed by atoms with Crippen molar-refractivity contribution in [3.8, 4) is 0 Å². The van der Waals surface area contributed by atoms with Gasteiger partial charge in [0, 0.05) is 35.3 Å². The first kappa shape index (κ1) is 12.6. The maximum Gasteiger partial charge on any atom is 0.270 e. The quantitative estimate of drug-likeness (QED) is 0.600. The summed E-state index contributed by atoms with van der Waals surface area (Å²) in [7, 11) is 0. The first-order valence-corrected chi connectivity index (χ1v) is 6.24. The Hall–Kier alpha value is -1.84. The molecule has 1 unspecified atom stereocenters. The Kier molecular flexibility index (Phi) is 3.36. The monoisotopic (exact) mass is 246 g/mol. The summed E-state index contributed by atoms with van der Waals surface area (Å²) in [6.45, 7) is 6.58. The highest BCUT2D eigenvalue weighted by molar-refractivity contribution is 5.82. The molecule has 0 fully saturated rings. The van der Waals surface area contributed by atoms with Crippen LogP contribution >= 0.6 is 0 Å². The van der Waals surface area contributed by atoms with Crippen LogP contribution in [0.2, 0.25) is 0 Å². The molecule has 0 aliphatic carbocycles. The number of nitro groups is 1. The molecule has 0 aliphatic heterocycles. The predicted molar refractivity (Wildman–Crippen MR) is 72.8 cm³/mol. The molecule has 1 aromatic carbocycles. The van der Waals surface area contributed by atoms with Crippen molar-refractivity contribution in [3.63, 3.8) is 0 Å². The zero-order chi connectivity index (χ0) is 13.3.